The Kier molecular flexibility index (Phi) is 13.7. The topological polar surface area (TPSA) is 123 Å². The molecule has 0 atom stereocenters. The van der Waals surface area contributed by atoms with Gasteiger partial charge in [0.25, 0.3) is 0 Å². The molecule has 0 spiro atoms. The summed E-state index contributed by atoms with van der Waals surface area (Å²) >= 11 is 0. The predicted molar refractivity (Wildman–Crippen MR) is 222 cm³/mol. The zero-order valence-corrected chi connectivity index (χ0v) is 33.6. The van der Waals surface area contributed by atoms with Crippen LogP contribution in [0.15, 0.2) is 95.8 Å². The molecule has 0 radical (unpaired) electrons. The van der Waals surface area contributed by atoms with E-state index in [1.165, 1.54) is 18.2 Å². The average molecular weight is 804 g/mol. The number of aliphatic hydroxyl groups excluding tert-OH is 1. The van der Waals surface area contributed by atoms with Crippen LogP contribution in [-0.4, -0.2) is 52.0 Å². The number of carbonyl (C=O) groups excluding carboxylic acids is 1. The summed E-state index contributed by atoms with van der Waals surface area (Å²) in [6.45, 7) is 16.1. The third-order valence-electron chi connectivity index (χ3n) is 10.1. The van der Waals surface area contributed by atoms with Gasteiger partial charge in [0.05, 0.1) is 10.8 Å². The van der Waals surface area contributed by atoms with Gasteiger partial charge in [-0.05, 0) is 94.4 Å². The van der Waals surface area contributed by atoms with Crippen LogP contribution in [0.1, 0.15) is 83.7 Å². The summed E-state index contributed by atoms with van der Waals surface area (Å²) in [7, 11) is -6.61. The van der Waals surface area contributed by atoms with Crippen LogP contribution in [0.2, 0.25) is 0 Å². The van der Waals surface area contributed by atoms with Gasteiger partial charge < -0.3 is 33.0 Å². The second-order valence-corrected chi connectivity index (χ2v) is 14.7. The Morgan fingerprint density at radius 3 is 1.78 bits per heavy atom. The van der Waals surface area contributed by atoms with E-state index in [0.717, 1.165) is 17.2 Å². The Hall–Kier alpha value is -5.66. The van der Waals surface area contributed by atoms with Gasteiger partial charge in [0.1, 0.15) is 39.6 Å². The maximum absolute atomic E-state index is 13.7. The standard InChI is InChI=1S/C42H46B2F4N2O8/c1-8-49(9-2)28-15-17-30-34(21-28)55-40(53)36(38(30)57-43(45)46)32(51)14-12-13-26-20-27(24-42(6,7)23-26)25(5)19-33(52)37-39(58-44(47)48)31-18-16-29(50(10-3)11-4)22-35(31)56-41(37)54/h12-18,20-22,51H,8-11,19,23-24H2,1-7H3/b13-12+,27-25-,32-14-. The number of fused-ring (bicyclic) bond motifs is 2. The van der Waals surface area contributed by atoms with Crippen LogP contribution in [0.4, 0.5) is 28.6 Å². The molecule has 10 nitrogen and oxygen atoms in total. The van der Waals surface area contributed by atoms with Gasteiger partial charge in [-0.2, -0.15) is 0 Å². The number of halogens is 4. The number of allylic oxidation sites excluding steroid dienone is 7. The molecular weight excluding hydrogens is 758 g/mol. The number of carbonyl (C=O) groups is 1. The highest BCUT2D eigenvalue weighted by atomic mass is 19.2. The molecule has 16 heteroatoms. The van der Waals surface area contributed by atoms with Gasteiger partial charge in [-0.25, -0.2) is 26.9 Å². The monoisotopic (exact) mass is 804 g/mol. The molecule has 2 heterocycles. The number of hydrogen-bond acceptors (Lipinski definition) is 10. The van der Waals surface area contributed by atoms with Crippen molar-refractivity contribution in [3.05, 3.63) is 109 Å². The fourth-order valence-electron chi connectivity index (χ4n) is 7.40. The van der Waals surface area contributed by atoms with Crippen LogP contribution >= 0.6 is 0 Å². The van der Waals surface area contributed by atoms with E-state index < -0.39 is 60.4 Å². The third kappa shape index (κ3) is 9.71. The molecule has 0 amide bonds. The Balaban J connectivity index is 1.47. The molecule has 0 bridgehead atoms. The normalized spacial score (nSPS) is 15.1. The summed E-state index contributed by atoms with van der Waals surface area (Å²) in [5.41, 5.74) is -0.126. The lowest BCUT2D eigenvalue weighted by molar-refractivity contribution is 0.0987. The number of aliphatic hydroxyl groups is 1. The average Bonchev–Trinajstić information content (AvgIpc) is 3.14. The summed E-state index contributed by atoms with van der Waals surface area (Å²) in [6.07, 6.45) is 6.91. The maximum atomic E-state index is 13.7. The molecule has 2 aromatic heterocycles. The largest absolute Gasteiger partial charge is 0.796 e. The van der Waals surface area contributed by atoms with Crippen molar-refractivity contribution in [1.82, 2.24) is 0 Å². The fraction of sp³-hybridized carbons (Fsp3) is 0.357. The first-order valence-electron chi connectivity index (χ1n) is 19.1. The van der Waals surface area contributed by atoms with Gasteiger partial charge in [-0.1, -0.05) is 37.6 Å². The highest BCUT2D eigenvalue weighted by Gasteiger charge is 2.31. The molecule has 0 saturated heterocycles. The van der Waals surface area contributed by atoms with Gasteiger partial charge in [-0.15, -0.1) is 0 Å². The van der Waals surface area contributed by atoms with E-state index in [1.807, 2.05) is 57.4 Å². The Morgan fingerprint density at radius 1 is 0.810 bits per heavy atom. The van der Waals surface area contributed by atoms with Crippen molar-refractivity contribution in [2.75, 3.05) is 36.0 Å². The van der Waals surface area contributed by atoms with E-state index in [9.17, 15) is 36.8 Å². The predicted octanol–water partition coefficient (Wildman–Crippen LogP) is 9.99. The number of Topliss-reactive ketones (excluding diaryl/α,β-unsaturated/α-hetero) is 1. The molecule has 2 aromatic carbocycles. The van der Waals surface area contributed by atoms with Crippen LogP contribution in [0, 0.1) is 5.41 Å². The van der Waals surface area contributed by atoms with Crippen molar-refractivity contribution >= 4 is 59.8 Å². The van der Waals surface area contributed by atoms with Crippen molar-refractivity contribution < 1.29 is 45.3 Å². The molecular formula is C42H46B2F4N2O8. The molecule has 306 valence electrons. The summed E-state index contributed by atoms with van der Waals surface area (Å²) < 4.78 is 75.2. The first-order valence-corrected chi connectivity index (χ1v) is 19.1. The Morgan fingerprint density at radius 2 is 1.29 bits per heavy atom. The summed E-state index contributed by atoms with van der Waals surface area (Å²) in [5, 5.41) is 11.2. The first kappa shape index (κ1) is 43.5. The molecule has 5 rings (SSSR count). The van der Waals surface area contributed by atoms with E-state index in [1.54, 1.807) is 37.3 Å². The Labute approximate surface area is 334 Å². The maximum Gasteiger partial charge on any atom is 0.796 e. The minimum Gasteiger partial charge on any atom is -0.507 e. The van der Waals surface area contributed by atoms with Gasteiger partial charge >= 0.3 is 26.2 Å². The van der Waals surface area contributed by atoms with Crippen molar-refractivity contribution in [3.63, 3.8) is 0 Å². The molecule has 1 aliphatic rings. The number of anilines is 2. The molecule has 1 aliphatic carbocycles. The molecule has 0 unspecified atom stereocenters. The minimum atomic E-state index is -3.31. The van der Waals surface area contributed by atoms with Crippen LogP contribution in [0.5, 0.6) is 11.5 Å². The van der Waals surface area contributed by atoms with E-state index in [2.05, 4.69) is 0 Å². The van der Waals surface area contributed by atoms with Crippen molar-refractivity contribution in [2.45, 2.75) is 67.7 Å². The highest BCUT2D eigenvalue weighted by Crippen LogP contribution is 2.41. The Bertz CT molecular complexity index is 2430. The second-order valence-electron chi connectivity index (χ2n) is 14.7. The number of rotatable bonds is 16. The van der Waals surface area contributed by atoms with Crippen LogP contribution in [-0.2, 0) is 0 Å². The number of nitrogens with zero attached hydrogens (tertiary/aromatic N) is 2. The highest BCUT2D eigenvalue weighted by molar-refractivity contribution is 6.36. The van der Waals surface area contributed by atoms with Gasteiger partial charge in [0.15, 0.2) is 5.78 Å². The zero-order chi connectivity index (χ0) is 42.5. The lowest BCUT2D eigenvalue weighted by atomic mass is 9.74. The van der Waals surface area contributed by atoms with Gasteiger partial charge in [0, 0.05) is 56.1 Å². The summed E-state index contributed by atoms with van der Waals surface area (Å²) in [5.74, 6) is -2.49. The van der Waals surface area contributed by atoms with E-state index in [-0.39, 0.29) is 33.8 Å². The first-order chi connectivity index (χ1) is 27.5. The zero-order valence-electron chi connectivity index (χ0n) is 33.6. The molecule has 58 heavy (non-hydrogen) atoms. The van der Waals surface area contributed by atoms with Crippen LogP contribution in [0.25, 0.3) is 27.7 Å². The lowest BCUT2D eigenvalue weighted by Gasteiger charge is -2.31. The van der Waals surface area contributed by atoms with Gasteiger partial charge in [0.2, 0.25) is 0 Å². The lowest BCUT2D eigenvalue weighted by Crippen LogP contribution is -2.22. The van der Waals surface area contributed by atoms with E-state index >= 15 is 0 Å². The second kappa shape index (κ2) is 18.3. The van der Waals surface area contributed by atoms with E-state index in [4.69, 9.17) is 18.1 Å². The molecule has 1 N–H and O–H groups in total. The number of ketones is 1. The van der Waals surface area contributed by atoms with E-state index in [0.29, 0.717) is 56.0 Å². The van der Waals surface area contributed by atoms with Crippen molar-refractivity contribution in [3.8, 4) is 11.5 Å². The third-order valence-corrected chi connectivity index (χ3v) is 10.1. The number of hydrogen-bond donors (Lipinski definition) is 1. The van der Waals surface area contributed by atoms with Crippen molar-refractivity contribution in [2.24, 2.45) is 5.41 Å². The van der Waals surface area contributed by atoms with Crippen LogP contribution in [0.3, 0.4) is 0 Å². The SMILES string of the molecule is CCN(CC)c1ccc2c(OB(F)F)c(C(=O)C/C(C)=C3C=C(/C=C/C=C(\O)c4c(OB(F)F)c5ccc(N(CC)CC)cc5oc4=O)CC(C)(C)C/3)c(=O)oc2c1. The fourth-order valence-corrected chi connectivity index (χ4v) is 7.40. The summed E-state index contributed by atoms with van der Waals surface area (Å²) in [4.78, 5) is 44.1. The smallest absolute Gasteiger partial charge is 0.507 e. The molecule has 4 aromatic rings. The van der Waals surface area contributed by atoms with Crippen LogP contribution < -0.4 is 30.4 Å². The number of benzene rings is 2. The molecule has 0 fully saturated rings. The van der Waals surface area contributed by atoms with Crippen molar-refractivity contribution in [1.29, 1.82) is 0 Å². The minimum absolute atomic E-state index is 0.00822. The summed E-state index contributed by atoms with van der Waals surface area (Å²) in [6, 6.07) is 9.46. The quantitative estimate of drug-likeness (QED) is 0.0292. The van der Waals surface area contributed by atoms with Gasteiger partial charge in [-0.3, -0.25) is 4.79 Å². The molecule has 0 aliphatic heterocycles. The molecule has 0 saturated carbocycles.